The van der Waals surface area contributed by atoms with Gasteiger partial charge in [0.1, 0.15) is 11.6 Å². The highest BCUT2D eigenvalue weighted by Crippen LogP contribution is 2.26. The molecule has 2 aromatic rings. The second-order valence-corrected chi connectivity index (χ2v) is 6.10. The molecule has 1 heterocycles. The number of aliphatic hydroxyl groups is 1. The summed E-state index contributed by atoms with van der Waals surface area (Å²) in [7, 11) is 0. The predicted molar refractivity (Wildman–Crippen MR) is 90.9 cm³/mol. The van der Waals surface area contributed by atoms with Crippen molar-refractivity contribution < 1.29 is 13.9 Å². The maximum atomic E-state index is 14.2. The molecule has 2 aromatic carbocycles. The third kappa shape index (κ3) is 3.74. The van der Waals surface area contributed by atoms with E-state index in [1.807, 2.05) is 6.07 Å². The number of anilines is 1. The van der Waals surface area contributed by atoms with E-state index in [0.29, 0.717) is 12.1 Å². The Bertz CT molecular complexity index is 687. The quantitative estimate of drug-likeness (QED) is 0.851. The number of halogens is 2. The third-order valence-electron chi connectivity index (χ3n) is 4.44. The lowest BCUT2D eigenvalue weighted by atomic mass is 10.1. The van der Waals surface area contributed by atoms with Crippen molar-refractivity contribution in [2.45, 2.75) is 25.5 Å². The van der Waals surface area contributed by atoms with Crippen molar-refractivity contribution in [3.8, 4) is 0 Å². The number of benzene rings is 2. The van der Waals surface area contributed by atoms with Crippen LogP contribution in [0.5, 0.6) is 0 Å². The number of hydrogen-bond donors (Lipinski definition) is 2. The van der Waals surface area contributed by atoms with Gasteiger partial charge in [-0.25, -0.2) is 8.78 Å². The van der Waals surface area contributed by atoms with Crippen molar-refractivity contribution >= 4 is 5.69 Å². The van der Waals surface area contributed by atoms with Gasteiger partial charge in [-0.1, -0.05) is 24.3 Å². The highest BCUT2D eigenvalue weighted by Gasteiger charge is 2.18. The molecule has 1 aliphatic rings. The zero-order valence-electron chi connectivity index (χ0n) is 13.5. The molecule has 0 spiro atoms. The van der Waals surface area contributed by atoms with Gasteiger partial charge in [-0.3, -0.25) is 0 Å². The Labute approximate surface area is 140 Å². The van der Waals surface area contributed by atoms with E-state index in [0.717, 1.165) is 31.6 Å². The summed E-state index contributed by atoms with van der Waals surface area (Å²) < 4.78 is 27.9. The molecule has 128 valence electrons. The molecule has 3 rings (SSSR count). The van der Waals surface area contributed by atoms with Crippen LogP contribution >= 0.6 is 0 Å². The van der Waals surface area contributed by atoms with E-state index in [4.69, 9.17) is 0 Å². The van der Waals surface area contributed by atoms with Crippen molar-refractivity contribution in [2.24, 2.45) is 0 Å². The van der Waals surface area contributed by atoms with Crippen molar-refractivity contribution in [3.63, 3.8) is 0 Å². The molecular weight excluding hydrogens is 310 g/mol. The lowest BCUT2D eigenvalue weighted by molar-refractivity contribution is 0.169. The summed E-state index contributed by atoms with van der Waals surface area (Å²) >= 11 is 0. The Morgan fingerprint density at radius 3 is 2.46 bits per heavy atom. The van der Waals surface area contributed by atoms with E-state index in [-0.39, 0.29) is 17.9 Å². The number of nitrogens with one attached hydrogen (secondary N) is 1. The minimum atomic E-state index is -0.965. The first-order valence-electron chi connectivity index (χ1n) is 8.32. The molecule has 1 unspecified atom stereocenters. The minimum absolute atomic E-state index is 0.161. The van der Waals surface area contributed by atoms with Gasteiger partial charge in [0.15, 0.2) is 0 Å². The van der Waals surface area contributed by atoms with Crippen molar-refractivity contribution in [3.05, 3.63) is 65.2 Å². The maximum Gasteiger partial charge on any atom is 0.129 e. The van der Waals surface area contributed by atoms with Gasteiger partial charge in [0.05, 0.1) is 6.10 Å². The molecule has 2 N–H and O–H groups in total. The summed E-state index contributed by atoms with van der Waals surface area (Å²) in [6.07, 6.45) is 1.28. The van der Waals surface area contributed by atoms with Gasteiger partial charge in [-0.05, 0) is 31.0 Å². The van der Waals surface area contributed by atoms with Crippen LogP contribution in [0.1, 0.15) is 30.1 Å². The second-order valence-electron chi connectivity index (χ2n) is 6.10. The van der Waals surface area contributed by atoms with E-state index in [2.05, 4.69) is 10.2 Å². The molecule has 0 radical (unpaired) electrons. The Balaban J connectivity index is 1.65. The van der Waals surface area contributed by atoms with E-state index in [1.165, 1.54) is 12.1 Å². The van der Waals surface area contributed by atoms with E-state index < -0.39 is 11.9 Å². The molecule has 0 aliphatic carbocycles. The normalized spacial score (nSPS) is 15.7. The van der Waals surface area contributed by atoms with Crippen LogP contribution in [0.2, 0.25) is 0 Å². The molecule has 0 bridgehead atoms. The summed E-state index contributed by atoms with van der Waals surface area (Å²) in [5.41, 5.74) is 1.75. The SMILES string of the molecule is OC(CNCc1c(F)cccc1N1CCCC1)c1ccccc1F. The topological polar surface area (TPSA) is 35.5 Å². The molecule has 0 aromatic heterocycles. The van der Waals surface area contributed by atoms with Gasteiger partial charge < -0.3 is 15.3 Å². The van der Waals surface area contributed by atoms with Crippen LogP contribution in [-0.2, 0) is 6.54 Å². The average Bonchev–Trinajstić information content (AvgIpc) is 3.11. The average molecular weight is 332 g/mol. The monoisotopic (exact) mass is 332 g/mol. The van der Waals surface area contributed by atoms with Crippen LogP contribution in [0.25, 0.3) is 0 Å². The highest BCUT2D eigenvalue weighted by molar-refractivity contribution is 5.54. The second kappa shape index (κ2) is 7.73. The van der Waals surface area contributed by atoms with E-state index in [1.54, 1.807) is 24.3 Å². The van der Waals surface area contributed by atoms with Gasteiger partial charge in [0, 0.05) is 43.0 Å². The highest BCUT2D eigenvalue weighted by atomic mass is 19.1. The van der Waals surface area contributed by atoms with Gasteiger partial charge in [-0.2, -0.15) is 0 Å². The lowest BCUT2D eigenvalue weighted by Crippen LogP contribution is -2.25. The van der Waals surface area contributed by atoms with Gasteiger partial charge in [-0.15, -0.1) is 0 Å². The number of nitrogens with zero attached hydrogens (tertiary/aromatic N) is 1. The predicted octanol–water partition coefficient (Wildman–Crippen LogP) is 3.39. The lowest BCUT2D eigenvalue weighted by Gasteiger charge is -2.22. The molecule has 0 saturated carbocycles. The van der Waals surface area contributed by atoms with Crippen molar-refractivity contribution in [1.29, 1.82) is 0 Å². The van der Waals surface area contributed by atoms with Crippen LogP contribution < -0.4 is 10.2 Å². The zero-order valence-corrected chi connectivity index (χ0v) is 13.5. The summed E-state index contributed by atoms with van der Waals surface area (Å²) in [6.45, 7) is 2.33. The number of aliphatic hydroxyl groups excluding tert-OH is 1. The van der Waals surface area contributed by atoms with Crippen LogP contribution in [-0.4, -0.2) is 24.7 Å². The smallest absolute Gasteiger partial charge is 0.129 e. The Kier molecular flexibility index (Phi) is 5.43. The molecule has 1 aliphatic heterocycles. The van der Waals surface area contributed by atoms with Crippen molar-refractivity contribution in [2.75, 3.05) is 24.5 Å². The summed E-state index contributed by atoms with van der Waals surface area (Å²) in [5.74, 6) is -0.692. The van der Waals surface area contributed by atoms with Crippen LogP contribution in [0, 0.1) is 11.6 Å². The zero-order chi connectivity index (χ0) is 16.9. The number of rotatable bonds is 6. The Morgan fingerprint density at radius 1 is 1.00 bits per heavy atom. The summed E-state index contributed by atoms with van der Waals surface area (Å²) in [4.78, 5) is 2.19. The molecule has 1 saturated heterocycles. The first-order valence-corrected chi connectivity index (χ1v) is 8.32. The van der Waals surface area contributed by atoms with Crippen LogP contribution in [0.4, 0.5) is 14.5 Å². The van der Waals surface area contributed by atoms with Crippen molar-refractivity contribution in [1.82, 2.24) is 5.32 Å². The molecule has 1 fully saturated rings. The fourth-order valence-electron chi connectivity index (χ4n) is 3.17. The molecule has 24 heavy (non-hydrogen) atoms. The van der Waals surface area contributed by atoms with E-state index >= 15 is 0 Å². The molecule has 5 heteroatoms. The standard InChI is InChI=1S/C19H22F2N2O/c20-16-7-2-1-6-14(16)19(24)13-22-12-15-17(21)8-5-9-18(15)23-10-3-4-11-23/h1-2,5-9,19,22,24H,3-4,10-13H2. The van der Waals surface area contributed by atoms with Gasteiger partial charge in [0.25, 0.3) is 0 Å². The molecule has 1 atom stereocenters. The first kappa shape index (κ1) is 16.9. The largest absolute Gasteiger partial charge is 0.387 e. The Morgan fingerprint density at radius 2 is 1.71 bits per heavy atom. The minimum Gasteiger partial charge on any atom is -0.387 e. The van der Waals surface area contributed by atoms with Gasteiger partial charge in [0.2, 0.25) is 0 Å². The third-order valence-corrected chi connectivity index (χ3v) is 4.44. The van der Waals surface area contributed by atoms with Gasteiger partial charge >= 0.3 is 0 Å². The maximum absolute atomic E-state index is 14.2. The van der Waals surface area contributed by atoms with Crippen LogP contribution in [0.15, 0.2) is 42.5 Å². The molecule has 0 amide bonds. The fraction of sp³-hybridized carbons (Fsp3) is 0.368. The first-order chi connectivity index (χ1) is 11.7. The summed E-state index contributed by atoms with van der Waals surface area (Å²) in [5, 5.41) is 13.2. The fourth-order valence-corrected chi connectivity index (χ4v) is 3.17. The van der Waals surface area contributed by atoms with E-state index in [9.17, 15) is 13.9 Å². The Hall–Kier alpha value is -1.98. The number of hydrogen-bond acceptors (Lipinski definition) is 3. The van der Waals surface area contributed by atoms with Crippen LogP contribution in [0.3, 0.4) is 0 Å². The summed E-state index contributed by atoms with van der Waals surface area (Å²) in [6, 6.07) is 11.2. The molecule has 3 nitrogen and oxygen atoms in total. The molecular formula is C19H22F2N2O.